The van der Waals surface area contributed by atoms with Crippen LogP contribution in [0.15, 0.2) is 18.2 Å². The van der Waals surface area contributed by atoms with Crippen LogP contribution in [-0.2, 0) is 16.1 Å². The standard InChI is InChI=1S/C13H19ClN2O2/c1-13(2,18-4)12(17)16(3)8-9-7-10(15)5-6-11(9)14/h5-7H,8,15H2,1-4H3. The number of ether oxygens (including phenoxy) is 1. The Morgan fingerprint density at radius 2 is 2.11 bits per heavy atom. The third kappa shape index (κ3) is 3.37. The van der Waals surface area contributed by atoms with Gasteiger partial charge in [0.15, 0.2) is 0 Å². The molecular weight excluding hydrogens is 252 g/mol. The smallest absolute Gasteiger partial charge is 0.254 e. The summed E-state index contributed by atoms with van der Waals surface area (Å²) >= 11 is 6.07. The first kappa shape index (κ1) is 14.8. The van der Waals surface area contributed by atoms with E-state index in [1.54, 1.807) is 44.0 Å². The predicted molar refractivity (Wildman–Crippen MR) is 73.4 cm³/mol. The van der Waals surface area contributed by atoms with Crippen LogP contribution in [0.4, 0.5) is 5.69 Å². The van der Waals surface area contributed by atoms with Crippen LogP contribution in [-0.4, -0.2) is 30.6 Å². The van der Waals surface area contributed by atoms with Crippen molar-refractivity contribution in [3.8, 4) is 0 Å². The third-order valence-corrected chi connectivity index (χ3v) is 3.22. The van der Waals surface area contributed by atoms with Crippen LogP contribution in [0.25, 0.3) is 0 Å². The lowest BCUT2D eigenvalue weighted by Gasteiger charge is -2.28. The summed E-state index contributed by atoms with van der Waals surface area (Å²) in [5, 5.41) is 0.596. The van der Waals surface area contributed by atoms with Crippen molar-refractivity contribution in [1.82, 2.24) is 4.90 Å². The number of carbonyl (C=O) groups excluding carboxylic acids is 1. The largest absolute Gasteiger partial charge is 0.399 e. The van der Waals surface area contributed by atoms with E-state index in [0.717, 1.165) is 5.56 Å². The molecule has 1 amide bonds. The molecule has 1 rings (SSSR count). The molecule has 4 nitrogen and oxygen atoms in total. The molecule has 100 valence electrons. The number of likely N-dealkylation sites (N-methyl/N-ethyl adjacent to an activating group) is 1. The van der Waals surface area contributed by atoms with Crippen molar-refractivity contribution in [2.45, 2.75) is 26.0 Å². The minimum atomic E-state index is -0.846. The van der Waals surface area contributed by atoms with E-state index in [1.807, 2.05) is 0 Å². The van der Waals surface area contributed by atoms with Crippen LogP contribution in [0.5, 0.6) is 0 Å². The van der Waals surface area contributed by atoms with Crippen LogP contribution in [0, 0.1) is 0 Å². The van der Waals surface area contributed by atoms with Gasteiger partial charge in [-0.15, -0.1) is 0 Å². The fraction of sp³-hybridized carbons (Fsp3) is 0.462. The lowest BCUT2D eigenvalue weighted by Crippen LogP contribution is -2.44. The summed E-state index contributed by atoms with van der Waals surface area (Å²) in [6, 6.07) is 5.23. The second-order valence-corrected chi connectivity index (χ2v) is 5.13. The van der Waals surface area contributed by atoms with Gasteiger partial charge >= 0.3 is 0 Å². The molecule has 0 saturated carbocycles. The molecule has 0 aliphatic carbocycles. The van der Waals surface area contributed by atoms with Gasteiger partial charge in [0.25, 0.3) is 5.91 Å². The molecule has 0 saturated heterocycles. The number of nitrogen functional groups attached to an aromatic ring is 1. The highest BCUT2D eigenvalue weighted by molar-refractivity contribution is 6.31. The summed E-state index contributed by atoms with van der Waals surface area (Å²) in [6.45, 7) is 3.86. The van der Waals surface area contributed by atoms with Gasteiger partial charge in [0.2, 0.25) is 0 Å². The molecule has 0 spiro atoms. The molecule has 0 aliphatic heterocycles. The molecule has 0 radical (unpaired) electrons. The Labute approximate surface area is 113 Å². The lowest BCUT2D eigenvalue weighted by atomic mass is 10.1. The van der Waals surface area contributed by atoms with Crippen LogP contribution in [0.1, 0.15) is 19.4 Å². The van der Waals surface area contributed by atoms with E-state index in [0.29, 0.717) is 17.3 Å². The lowest BCUT2D eigenvalue weighted by molar-refractivity contribution is -0.150. The highest BCUT2D eigenvalue weighted by Gasteiger charge is 2.30. The first-order chi connectivity index (χ1) is 8.27. The number of rotatable bonds is 4. The number of nitrogens with zero attached hydrogens (tertiary/aromatic N) is 1. The number of anilines is 1. The molecule has 1 aromatic rings. The van der Waals surface area contributed by atoms with E-state index in [2.05, 4.69) is 0 Å². The van der Waals surface area contributed by atoms with Crippen LogP contribution in [0.3, 0.4) is 0 Å². The van der Waals surface area contributed by atoms with Crippen molar-refractivity contribution in [1.29, 1.82) is 0 Å². The zero-order valence-electron chi connectivity index (χ0n) is 11.2. The molecule has 5 heteroatoms. The first-order valence-electron chi connectivity index (χ1n) is 5.62. The average Bonchev–Trinajstić information content (AvgIpc) is 2.32. The number of benzene rings is 1. The quantitative estimate of drug-likeness (QED) is 0.854. The topological polar surface area (TPSA) is 55.6 Å². The van der Waals surface area contributed by atoms with Crippen molar-refractivity contribution in [2.75, 3.05) is 19.9 Å². The molecule has 0 bridgehead atoms. The maximum atomic E-state index is 12.1. The van der Waals surface area contributed by atoms with Crippen LogP contribution in [0.2, 0.25) is 5.02 Å². The van der Waals surface area contributed by atoms with Crippen molar-refractivity contribution in [3.63, 3.8) is 0 Å². The van der Waals surface area contributed by atoms with Gasteiger partial charge in [0.1, 0.15) is 5.60 Å². The summed E-state index contributed by atoms with van der Waals surface area (Å²) in [5.74, 6) is -0.108. The minimum Gasteiger partial charge on any atom is -0.399 e. The Hall–Kier alpha value is -1.26. The summed E-state index contributed by atoms with van der Waals surface area (Å²) < 4.78 is 5.16. The summed E-state index contributed by atoms with van der Waals surface area (Å²) in [4.78, 5) is 13.7. The van der Waals surface area contributed by atoms with Crippen molar-refractivity contribution in [3.05, 3.63) is 28.8 Å². The number of amides is 1. The number of hydrogen-bond acceptors (Lipinski definition) is 3. The van der Waals surface area contributed by atoms with Crippen LogP contribution < -0.4 is 5.73 Å². The average molecular weight is 271 g/mol. The highest BCUT2D eigenvalue weighted by atomic mass is 35.5. The Bertz CT molecular complexity index is 447. The zero-order valence-corrected chi connectivity index (χ0v) is 11.9. The van der Waals surface area contributed by atoms with E-state index in [4.69, 9.17) is 22.1 Å². The van der Waals surface area contributed by atoms with Crippen molar-refractivity contribution in [2.24, 2.45) is 0 Å². The Balaban J connectivity index is 2.85. The summed E-state index contributed by atoms with van der Waals surface area (Å²) in [7, 11) is 3.22. The minimum absolute atomic E-state index is 0.108. The van der Waals surface area contributed by atoms with E-state index in [9.17, 15) is 4.79 Å². The fourth-order valence-electron chi connectivity index (χ4n) is 1.59. The van der Waals surface area contributed by atoms with Gasteiger partial charge in [-0.3, -0.25) is 4.79 Å². The molecule has 2 N–H and O–H groups in total. The Morgan fingerprint density at radius 1 is 1.50 bits per heavy atom. The van der Waals surface area contributed by atoms with Crippen LogP contribution >= 0.6 is 11.6 Å². The van der Waals surface area contributed by atoms with Gasteiger partial charge in [-0.2, -0.15) is 0 Å². The molecular formula is C13H19ClN2O2. The number of methoxy groups -OCH3 is 1. The molecule has 0 fully saturated rings. The molecule has 0 aromatic heterocycles. The van der Waals surface area contributed by atoms with Gasteiger partial charge in [-0.05, 0) is 37.6 Å². The van der Waals surface area contributed by atoms with Crippen molar-refractivity contribution >= 4 is 23.2 Å². The SMILES string of the molecule is COC(C)(C)C(=O)N(C)Cc1cc(N)ccc1Cl. The molecule has 0 unspecified atom stereocenters. The monoisotopic (exact) mass is 270 g/mol. The van der Waals surface area contributed by atoms with Gasteiger partial charge in [-0.1, -0.05) is 11.6 Å². The highest BCUT2D eigenvalue weighted by Crippen LogP contribution is 2.21. The normalized spacial score (nSPS) is 11.4. The van der Waals surface area contributed by atoms with E-state index in [-0.39, 0.29) is 5.91 Å². The van der Waals surface area contributed by atoms with E-state index in [1.165, 1.54) is 7.11 Å². The zero-order chi connectivity index (χ0) is 13.9. The second kappa shape index (κ2) is 5.59. The number of hydrogen-bond donors (Lipinski definition) is 1. The number of carbonyl (C=O) groups is 1. The van der Waals surface area contributed by atoms with Gasteiger partial charge in [0, 0.05) is 31.4 Å². The van der Waals surface area contributed by atoms with Gasteiger partial charge in [-0.25, -0.2) is 0 Å². The molecule has 18 heavy (non-hydrogen) atoms. The molecule has 0 atom stereocenters. The first-order valence-corrected chi connectivity index (χ1v) is 6.00. The third-order valence-electron chi connectivity index (χ3n) is 2.85. The number of nitrogens with two attached hydrogens (primary N) is 1. The van der Waals surface area contributed by atoms with E-state index < -0.39 is 5.60 Å². The predicted octanol–water partition coefficient (Wildman–Crippen LogP) is 2.31. The second-order valence-electron chi connectivity index (χ2n) is 4.73. The van der Waals surface area contributed by atoms with E-state index >= 15 is 0 Å². The van der Waals surface area contributed by atoms with Crippen molar-refractivity contribution < 1.29 is 9.53 Å². The van der Waals surface area contributed by atoms with Gasteiger partial charge in [0.05, 0.1) is 0 Å². The molecule has 0 heterocycles. The number of halogens is 1. The Kier molecular flexibility index (Phi) is 4.59. The summed E-state index contributed by atoms with van der Waals surface area (Å²) in [6.07, 6.45) is 0. The molecule has 0 aliphatic rings. The maximum Gasteiger partial charge on any atom is 0.254 e. The Morgan fingerprint density at radius 3 is 2.67 bits per heavy atom. The molecule has 1 aromatic carbocycles. The maximum absolute atomic E-state index is 12.1. The fourth-order valence-corrected chi connectivity index (χ4v) is 1.77. The van der Waals surface area contributed by atoms with Gasteiger partial charge < -0.3 is 15.4 Å². The summed E-state index contributed by atoms with van der Waals surface area (Å²) in [5.41, 5.74) is 6.30.